The molecule has 0 aliphatic rings. The second-order valence-electron chi connectivity index (χ2n) is 3.79. The first-order valence-corrected chi connectivity index (χ1v) is 5.94. The topological polar surface area (TPSA) is 43.1 Å². The number of carbonyl (C=O) groups excluding carboxylic acids is 1. The maximum absolute atomic E-state index is 12.0. The Labute approximate surface area is 99.0 Å². The molecular weight excluding hydrogens is 254 g/mol. The molecular formula is C12H16BrNO. The minimum Gasteiger partial charge on any atom is -0.399 e. The van der Waals surface area contributed by atoms with Gasteiger partial charge in [0.05, 0.1) is 0 Å². The van der Waals surface area contributed by atoms with Crippen LogP contribution in [0, 0.1) is 5.92 Å². The number of benzene rings is 1. The van der Waals surface area contributed by atoms with E-state index in [1.807, 2.05) is 6.92 Å². The third-order valence-electron chi connectivity index (χ3n) is 2.43. The van der Waals surface area contributed by atoms with Gasteiger partial charge in [-0.05, 0) is 40.5 Å². The van der Waals surface area contributed by atoms with Gasteiger partial charge in [-0.3, -0.25) is 4.79 Å². The lowest BCUT2D eigenvalue weighted by Gasteiger charge is -2.10. The standard InChI is InChI=1S/C12H16BrNO/c1-3-4-8(2)12(15)10-6-5-9(14)7-11(10)13/h5-8H,3-4,14H2,1-2H3. The van der Waals surface area contributed by atoms with Crippen LogP contribution in [-0.2, 0) is 0 Å². The Bertz CT molecular complexity index is 363. The van der Waals surface area contributed by atoms with Gasteiger partial charge in [-0.1, -0.05) is 20.3 Å². The van der Waals surface area contributed by atoms with Crippen molar-refractivity contribution < 1.29 is 4.79 Å². The van der Waals surface area contributed by atoms with E-state index in [0.717, 1.165) is 22.9 Å². The average molecular weight is 270 g/mol. The number of carbonyl (C=O) groups is 1. The monoisotopic (exact) mass is 269 g/mol. The van der Waals surface area contributed by atoms with Crippen molar-refractivity contribution in [1.82, 2.24) is 0 Å². The Balaban J connectivity index is 2.91. The fourth-order valence-corrected chi connectivity index (χ4v) is 2.15. The van der Waals surface area contributed by atoms with Crippen molar-refractivity contribution in [3.8, 4) is 0 Å². The van der Waals surface area contributed by atoms with Crippen molar-refractivity contribution in [3.05, 3.63) is 28.2 Å². The van der Waals surface area contributed by atoms with Crippen molar-refractivity contribution >= 4 is 27.4 Å². The number of hydrogen-bond acceptors (Lipinski definition) is 2. The molecule has 82 valence electrons. The van der Waals surface area contributed by atoms with Gasteiger partial charge in [0.15, 0.2) is 5.78 Å². The number of hydrogen-bond donors (Lipinski definition) is 1. The van der Waals surface area contributed by atoms with E-state index in [-0.39, 0.29) is 11.7 Å². The molecule has 0 heterocycles. The molecule has 3 heteroatoms. The zero-order valence-corrected chi connectivity index (χ0v) is 10.7. The highest BCUT2D eigenvalue weighted by atomic mass is 79.9. The van der Waals surface area contributed by atoms with Gasteiger partial charge in [0.1, 0.15) is 0 Å². The lowest BCUT2D eigenvalue weighted by molar-refractivity contribution is 0.0923. The molecule has 1 aromatic carbocycles. The molecule has 15 heavy (non-hydrogen) atoms. The van der Waals surface area contributed by atoms with E-state index >= 15 is 0 Å². The van der Waals surface area contributed by atoms with Crippen LogP contribution in [0.1, 0.15) is 37.0 Å². The summed E-state index contributed by atoms with van der Waals surface area (Å²) in [6.07, 6.45) is 1.95. The third kappa shape index (κ3) is 3.06. The van der Waals surface area contributed by atoms with Crippen LogP contribution in [0.15, 0.2) is 22.7 Å². The second kappa shape index (κ2) is 5.31. The normalized spacial score (nSPS) is 12.5. The Morgan fingerprint density at radius 2 is 2.20 bits per heavy atom. The average Bonchev–Trinajstić information content (AvgIpc) is 2.17. The highest BCUT2D eigenvalue weighted by molar-refractivity contribution is 9.10. The zero-order chi connectivity index (χ0) is 11.4. The first kappa shape index (κ1) is 12.2. The van der Waals surface area contributed by atoms with Crippen LogP contribution < -0.4 is 5.73 Å². The molecule has 2 nitrogen and oxygen atoms in total. The lowest BCUT2D eigenvalue weighted by Crippen LogP contribution is -2.11. The minimum absolute atomic E-state index is 0.0786. The van der Waals surface area contributed by atoms with Crippen LogP contribution in [0.25, 0.3) is 0 Å². The number of nitrogens with two attached hydrogens (primary N) is 1. The highest BCUT2D eigenvalue weighted by Crippen LogP contribution is 2.23. The number of ketones is 1. The van der Waals surface area contributed by atoms with E-state index in [9.17, 15) is 4.79 Å². The quantitative estimate of drug-likeness (QED) is 0.670. The largest absolute Gasteiger partial charge is 0.399 e. The summed E-state index contributed by atoms with van der Waals surface area (Å²) in [6, 6.07) is 5.32. The van der Waals surface area contributed by atoms with E-state index in [4.69, 9.17) is 5.73 Å². The zero-order valence-electron chi connectivity index (χ0n) is 9.09. The Morgan fingerprint density at radius 1 is 1.53 bits per heavy atom. The predicted octanol–water partition coefficient (Wildman–Crippen LogP) is 3.65. The molecule has 2 N–H and O–H groups in total. The molecule has 0 amide bonds. The van der Waals surface area contributed by atoms with Crippen LogP contribution in [0.2, 0.25) is 0 Å². The molecule has 0 aromatic heterocycles. The first-order chi connectivity index (χ1) is 7.06. The number of anilines is 1. The van der Waals surface area contributed by atoms with Crippen LogP contribution >= 0.6 is 15.9 Å². The van der Waals surface area contributed by atoms with Gasteiger partial charge in [-0.15, -0.1) is 0 Å². The molecule has 1 rings (SSSR count). The van der Waals surface area contributed by atoms with Gasteiger partial charge < -0.3 is 5.73 Å². The van der Waals surface area contributed by atoms with E-state index in [0.29, 0.717) is 5.69 Å². The molecule has 0 aliphatic heterocycles. The van der Waals surface area contributed by atoms with Crippen LogP contribution in [0.4, 0.5) is 5.69 Å². The van der Waals surface area contributed by atoms with Gasteiger partial charge in [-0.25, -0.2) is 0 Å². The molecule has 1 atom stereocenters. The van der Waals surface area contributed by atoms with Crippen molar-refractivity contribution in [1.29, 1.82) is 0 Å². The summed E-state index contributed by atoms with van der Waals surface area (Å²) in [5.41, 5.74) is 7.02. The molecule has 1 unspecified atom stereocenters. The first-order valence-electron chi connectivity index (χ1n) is 5.15. The highest BCUT2D eigenvalue weighted by Gasteiger charge is 2.16. The van der Waals surface area contributed by atoms with E-state index in [2.05, 4.69) is 22.9 Å². The van der Waals surface area contributed by atoms with Crippen LogP contribution in [0.3, 0.4) is 0 Å². The predicted molar refractivity (Wildman–Crippen MR) is 67.0 cm³/mol. The Morgan fingerprint density at radius 3 is 2.73 bits per heavy atom. The number of nitrogen functional groups attached to an aromatic ring is 1. The number of halogens is 1. The fraction of sp³-hybridized carbons (Fsp3) is 0.417. The molecule has 0 fully saturated rings. The van der Waals surface area contributed by atoms with E-state index in [1.165, 1.54) is 0 Å². The Kier molecular flexibility index (Phi) is 4.33. The van der Waals surface area contributed by atoms with Crippen molar-refractivity contribution in [2.75, 3.05) is 5.73 Å². The summed E-state index contributed by atoms with van der Waals surface area (Å²) in [4.78, 5) is 12.0. The molecule has 0 bridgehead atoms. The maximum atomic E-state index is 12.0. The van der Waals surface area contributed by atoms with Gasteiger partial charge in [0, 0.05) is 21.6 Å². The van der Waals surface area contributed by atoms with Gasteiger partial charge in [-0.2, -0.15) is 0 Å². The summed E-state index contributed by atoms with van der Waals surface area (Å²) < 4.78 is 0.787. The molecule has 0 radical (unpaired) electrons. The smallest absolute Gasteiger partial charge is 0.166 e. The van der Waals surface area contributed by atoms with Crippen molar-refractivity contribution in [2.24, 2.45) is 5.92 Å². The van der Waals surface area contributed by atoms with Crippen molar-refractivity contribution in [3.63, 3.8) is 0 Å². The second-order valence-corrected chi connectivity index (χ2v) is 4.65. The summed E-state index contributed by atoms with van der Waals surface area (Å²) in [5.74, 6) is 0.263. The summed E-state index contributed by atoms with van der Waals surface area (Å²) in [5, 5.41) is 0. The van der Waals surface area contributed by atoms with Crippen molar-refractivity contribution in [2.45, 2.75) is 26.7 Å². The summed E-state index contributed by atoms with van der Waals surface area (Å²) in [7, 11) is 0. The SMILES string of the molecule is CCCC(C)C(=O)c1ccc(N)cc1Br. The molecule has 1 aromatic rings. The number of Topliss-reactive ketones (excluding diaryl/α,β-unsaturated/α-hetero) is 1. The van der Waals surface area contributed by atoms with Gasteiger partial charge in [0.2, 0.25) is 0 Å². The van der Waals surface area contributed by atoms with Crippen LogP contribution in [0.5, 0.6) is 0 Å². The molecule has 0 saturated carbocycles. The fourth-order valence-electron chi connectivity index (χ4n) is 1.56. The number of rotatable bonds is 4. The lowest BCUT2D eigenvalue weighted by atomic mass is 9.95. The van der Waals surface area contributed by atoms with E-state index in [1.54, 1.807) is 18.2 Å². The van der Waals surface area contributed by atoms with Crippen LogP contribution in [-0.4, -0.2) is 5.78 Å². The maximum Gasteiger partial charge on any atom is 0.166 e. The Hall–Kier alpha value is -0.830. The molecule has 0 saturated heterocycles. The minimum atomic E-state index is 0.0786. The summed E-state index contributed by atoms with van der Waals surface area (Å²) in [6.45, 7) is 4.05. The van der Waals surface area contributed by atoms with E-state index < -0.39 is 0 Å². The third-order valence-corrected chi connectivity index (χ3v) is 3.08. The molecule has 0 aliphatic carbocycles. The van der Waals surface area contributed by atoms with Gasteiger partial charge in [0.25, 0.3) is 0 Å². The summed E-state index contributed by atoms with van der Waals surface area (Å²) >= 11 is 3.37. The van der Waals surface area contributed by atoms with Gasteiger partial charge >= 0.3 is 0 Å². The molecule has 0 spiro atoms.